The van der Waals surface area contributed by atoms with Gasteiger partial charge in [-0.2, -0.15) is 5.10 Å². The SMILES string of the molecule is CCNC(=NCc1ccc(Oc2cccnc2)c(F)c1)NCc1ncnn1C.I. The largest absolute Gasteiger partial charge is 0.453 e. The van der Waals surface area contributed by atoms with Gasteiger partial charge in [0.05, 0.1) is 19.3 Å². The highest BCUT2D eigenvalue weighted by Gasteiger charge is 2.07. The van der Waals surface area contributed by atoms with Crippen molar-refractivity contribution in [2.75, 3.05) is 6.54 Å². The third-order valence-corrected chi connectivity index (χ3v) is 3.84. The lowest BCUT2D eigenvalue weighted by atomic mass is 10.2. The Kier molecular flexibility index (Phi) is 8.77. The zero-order chi connectivity index (χ0) is 19.8. The Balaban J connectivity index is 0.00000300. The molecule has 8 nitrogen and oxygen atoms in total. The number of hydrogen-bond acceptors (Lipinski definition) is 5. The molecule has 0 saturated heterocycles. The van der Waals surface area contributed by atoms with Crippen molar-refractivity contribution >= 4 is 29.9 Å². The average molecular weight is 511 g/mol. The van der Waals surface area contributed by atoms with E-state index in [2.05, 4.69) is 30.7 Å². The summed E-state index contributed by atoms with van der Waals surface area (Å²) in [6.07, 6.45) is 4.66. The molecule has 10 heteroatoms. The molecular formula is C19H23FIN7O. The number of rotatable bonds is 7. The molecule has 0 aliphatic rings. The fraction of sp³-hybridized carbons (Fsp3) is 0.263. The second-order valence-electron chi connectivity index (χ2n) is 5.90. The number of benzene rings is 1. The molecule has 2 N–H and O–H groups in total. The first kappa shape index (κ1) is 22.5. The molecule has 0 bridgehead atoms. The van der Waals surface area contributed by atoms with Gasteiger partial charge in [0.25, 0.3) is 0 Å². The van der Waals surface area contributed by atoms with Gasteiger partial charge in [-0.3, -0.25) is 9.67 Å². The summed E-state index contributed by atoms with van der Waals surface area (Å²) in [5, 5.41) is 10.4. The van der Waals surface area contributed by atoms with E-state index in [1.165, 1.54) is 18.6 Å². The molecule has 0 spiro atoms. The minimum Gasteiger partial charge on any atom is -0.453 e. The van der Waals surface area contributed by atoms with Crippen molar-refractivity contribution in [3.63, 3.8) is 0 Å². The first-order valence-electron chi connectivity index (χ1n) is 8.87. The van der Waals surface area contributed by atoms with Crippen molar-refractivity contribution in [1.82, 2.24) is 30.4 Å². The van der Waals surface area contributed by atoms with Crippen molar-refractivity contribution < 1.29 is 9.13 Å². The lowest BCUT2D eigenvalue weighted by Crippen LogP contribution is -2.37. The highest BCUT2D eigenvalue weighted by atomic mass is 127. The Bertz CT molecular complexity index is 933. The van der Waals surface area contributed by atoms with E-state index in [0.29, 0.717) is 31.3 Å². The maximum atomic E-state index is 14.3. The number of ether oxygens (including phenoxy) is 1. The van der Waals surface area contributed by atoms with Crippen LogP contribution in [0.1, 0.15) is 18.3 Å². The van der Waals surface area contributed by atoms with Crippen LogP contribution in [0.2, 0.25) is 0 Å². The predicted octanol–water partition coefficient (Wildman–Crippen LogP) is 3.01. The quantitative estimate of drug-likeness (QED) is 0.288. The Morgan fingerprint density at radius 2 is 2.14 bits per heavy atom. The van der Waals surface area contributed by atoms with Gasteiger partial charge in [-0.25, -0.2) is 14.4 Å². The number of pyridine rings is 1. The first-order chi connectivity index (χ1) is 13.7. The Morgan fingerprint density at radius 3 is 2.79 bits per heavy atom. The van der Waals surface area contributed by atoms with Crippen LogP contribution >= 0.6 is 24.0 Å². The van der Waals surface area contributed by atoms with Crippen LogP contribution in [0.15, 0.2) is 54.0 Å². The molecule has 3 rings (SSSR count). The van der Waals surface area contributed by atoms with Gasteiger partial charge >= 0.3 is 0 Å². The van der Waals surface area contributed by atoms with Crippen LogP contribution < -0.4 is 15.4 Å². The number of hydrogen-bond donors (Lipinski definition) is 2. The fourth-order valence-electron chi connectivity index (χ4n) is 2.41. The third kappa shape index (κ3) is 6.66. The van der Waals surface area contributed by atoms with Crippen LogP contribution in [0.4, 0.5) is 4.39 Å². The molecule has 3 aromatic rings. The summed E-state index contributed by atoms with van der Waals surface area (Å²) >= 11 is 0. The van der Waals surface area contributed by atoms with Crippen LogP contribution in [0.3, 0.4) is 0 Å². The molecule has 0 aliphatic carbocycles. The number of nitrogens with one attached hydrogen (secondary N) is 2. The van der Waals surface area contributed by atoms with E-state index < -0.39 is 5.82 Å². The topological polar surface area (TPSA) is 89.2 Å². The number of aryl methyl sites for hydroxylation is 1. The van der Waals surface area contributed by atoms with Crippen LogP contribution in [0, 0.1) is 5.82 Å². The molecule has 1 aromatic carbocycles. The molecule has 29 heavy (non-hydrogen) atoms. The third-order valence-electron chi connectivity index (χ3n) is 3.84. The van der Waals surface area contributed by atoms with E-state index in [9.17, 15) is 4.39 Å². The summed E-state index contributed by atoms with van der Waals surface area (Å²) in [7, 11) is 1.83. The molecule has 2 aromatic heterocycles. The average Bonchev–Trinajstić information content (AvgIpc) is 3.11. The molecule has 0 fully saturated rings. The summed E-state index contributed by atoms with van der Waals surface area (Å²) in [6, 6.07) is 8.24. The van der Waals surface area contributed by atoms with Crippen molar-refractivity contribution in [2.45, 2.75) is 20.0 Å². The minimum absolute atomic E-state index is 0. The summed E-state index contributed by atoms with van der Waals surface area (Å²) in [5.41, 5.74) is 0.729. The molecule has 0 radical (unpaired) electrons. The van der Waals surface area contributed by atoms with Crippen LogP contribution in [-0.2, 0) is 20.1 Å². The van der Waals surface area contributed by atoms with Crippen LogP contribution in [-0.4, -0.2) is 32.3 Å². The normalized spacial score (nSPS) is 10.9. The van der Waals surface area contributed by atoms with E-state index in [1.807, 2.05) is 14.0 Å². The van der Waals surface area contributed by atoms with Crippen molar-refractivity contribution in [2.24, 2.45) is 12.0 Å². The lowest BCUT2D eigenvalue weighted by Gasteiger charge is -2.11. The van der Waals surface area contributed by atoms with Crippen LogP contribution in [0.25, 0.3) is 0 Å². The zero-order valence-corrected chi connectivity index (χ0v) is 18.5. The summed E-state index contributed by atoms with van der Waals surface area (Å²) in [4.78, 5) is 12.6. The monoisotopic (exact) mass is 511 g/mol. The van der Waals surface area contributed by atoms with Crippen molar-refractivity contribution in [3.8, 4) is 11.5 Å². The Labute approximate surface area is 185 Å². The predicted molar refractivity (Wildman–Crippen MR) is 119 cm³/mol. The number of guanidine groups is 1. The second kappa shape index (κ2) is 11.3. The van der Waals surface area contributed by atoms with Gasteiger partial charge in [-0.15, -0.1) is 24.0 Å². The molecule has 0 atom stereocenters. The van der Waals surface area contributed by atoms with E-state index in [-0.39, 0.29) is 29.7 Å². The van der Waals surface area contributed by atoms with Gasteiger partial charge in [0.15, 0.2) is 17.5 Å². The Morgan fingerprint density at radius 1 is 1.28 bits per heavy atom. The maximum absolute atomic E-state index is 14.3. The van der Waals surface area contributed by atoms with E-state index in [1.54, 1.807) is 35.1 Å². The van der Waals surface area contributed by atoms with E-state index >= 15 is 0 Å². The molecule has 2 heterocycles. The smallest absolute Gasteiger partial charge is 0.191 e. The van der Waals surface area contributed by atoms with Crippen molar-refractivity contribution in [3.05, 3.63) is 66.3 Å². The maximum Gasteiger partial charge on any atom is 0.191 e. The lowest BCUT2D eigenvalue weighted by molar-refractivity contribution is 0.440. The summed E-state index contributed by atoms with van der Waals surface area (Å²) < 4.78 is 21.5. The molecular weight excluding hydrogens is 488 g/mol. The summed E-state index contributed by atoms with van der Waals surface area (Å²) in [5.74, 6) is 1.58. The second-order valence-corrected chi connectivity index (χ2v) is 5.90. The minimum atomic E-state index is -0.450. The summed E-state index contributed by atoms with van der Waals surface area (Å²) in [6.45, 7) is 3.48. The fourth-order valence-corrected chi connectivity index (χ4v) is 2.41. The highest BCUT2D eigenvalue weighted by Crippen LogP contribution is 2.24. The van der Waals surface area contributed by atoms with Gasteiger partial charge < -0.3 is 15.4 Å². The van der Waals surface area contributed by atoms with Gasteiger partial charge in [-0.1, -0.05) is 6.07 Å². The highest BCUT2D eigenvalue weighted by molar-refractivity contribution is 14.0. The Hall–Kier alpha value is -2.76. The molecule has 0 amide bonds. The van der Waals surface area contributed by atoms with Gasteiger partial charge in [0.1, 0.15) is 17.9 Å². The molecule has 0 saturated carbocycles. The van der Waals surface area contributed by atoms with E-state index in [0.717, 1.165) is 11.4 Å². The number of aliphatic imine (C=N–C) groups is 1. The van der Waals surface area contributed by atoms with Gasteiger partial charge in [0.2, 0.25) is 0 Å². The zero-order valence-electron chi connectivity index (χ0n) is 16.2. The number of aromatic nitrogens is 4. The molecule has 154 valence electrons. The standard InChI is InChI=1S/C19H22FN7O.HI/c1-3-22-19(24-12-18-25-13-26-27(18)2)23-10-14-6-7-17(16(20)9-14)28-15-5-4-8-21-11-15;/h4-9,11,13H,3,10,12H2,1-2H3,(H2,22,23,24);1H. The molecule has 0 aliphatic heterocycles. The van der Waals surface area contributed by atoms with Gasteiger partial charge in [0, 0.05) is 19.8 Å². The van der Waals surface area contributed by atoms with Gasteiger partial charge in [-0.05, 0) is 36.8 Å². The number of nitrogens with zero attached hydrogens (tertiary/aromatic N) is 5. The van der Waals surface area contributed by atoms with Crippen LogP contribution in [0.5, 0.6) is 11.5 Å². The first-order valence-corrected chi connectivity index (χ1v) is 8.87. The van der Waals surface area contributed by atoms with E-state index in [4.69, 9.17) is 4.74 Å². The molecule has 0 unspecified atom stereocenters. The van der Waals surface area contributed by atoms with Crippen molar-refractivity contribution in [1.29, 1.82) is 0 Å². The number of halogens is 2.